The molecule has 0 fully saturated rings. The van der Waals surface area contributed by atoms with Gasteiger partial charge in [-0.25, -0.2) is 0 Å². The average Bonchev–Trinajstić information content (AvgIpc) is 3.31. The van der Waals surface area contributed by atoms with Crippen molar-refractivity contribution in [1.29, 1.82) is 0 Å². The van der Waals surface area contributed by atoms with Crippen molar-refractivity contribution >= 4 is 23.2 Å². The first-order chi connectivity index (χ1) is 13.6. The molecule has 2 heterocycles. The Morgan fingerprint density at radius 1 is 1.14 bits per heavy atom. The van der Waals surface area contributed by atoms with E-state index in [2.05, 4.69) is 15.5 Å². The Morgan fingerprint density at radius 3 is 2.82 bits per heavy atom. The Labute approximate surface area is 166 Å². The van der Waals surface area contributed by atoms with Crippen LogP contribution in [-0.4, -0.2) is 20.6 Å². The molecule has 0 saturated carbocycles. The van der Waals surface area contributed by atoms with E-state index < -0.39 is 0 Å². The van der Waals surface area contributed by atoms with Crippen LogP contribution in [0.3, 0.4) is 0 Å². The molecule has 28 heavy (non-hydrogen) atoms. The smallest absolute Gasteiger partial charge is 0.274 e. The third-order valence-electron chi connectivity index (χ3n) is 4.17. The van der Waals surface area contributed by atoms with Crippen LogP contribution < -0.4 is 5.32 Å². The van der Waals surface area contributed by atoms with Crippen molar-refractivity contribution in [2.24, 2.45) is 0 Å². The van der Waals surface area contributed by atoms with Gasteiger partial charge in [-0.2, -0.15) is 4.98 Å². The molecule has 6 nitrogen and oxygen atoms in total. The lowest BCUT2D eigenvalue weighted by Gasteiger charge is -2.08. The summed E-state index contributed by atoms with van der Waals surface area (Å²) in [6.45, 7) is 2.11. The van der Waals surface area contributed by atoms with Gasteiger partial charge < -0.3 is 14.4 Å². The fourth-order valence-electron chi connectivity index (χ4n) is 2.90. The lowest BCUT2D eigenvalue weighted by molar-refractivity contribution is -0.116. The second-order valence-corrected chi connectivity index (χ2v) is 6.81. The molecular formula is C21H17ClN4O2. The molecule has 140 valence electrons. The van der Waals surface area contributed by atoms with Crippen LogP contribution in [0.5, 0.6) is 0 Å². The zero-order valence-electron chi connectivity index (χ0n) is 15.1. The molecule has 4 rings (SSSR count). The summed E-state index contributed by atoms with van der Waals surface area (Å²) < 4.78 is 7.17. The van der Waals surface area contributed by atoms with E-state index in [0.29, 0.717) is 22.4 Å². The summed E-state index contributed by atoms with van der Waals surface area (Å²) in [6.07, 6.45) is 1.80. The first kappa shape index (κ1) is 18.0. The van der Waals surface area contributed by atoms with Crippen LogP contribution in [0.2, 0.25) is 5.02 Å². The van der Waals surface area contributed by atoms with Gasteiger partial charge in [-0.15, -0.1) is 0 Å². The zero-order valence-corrected chi connectivity index (χ0v) is 15.8. The highest BCUT2D eigenvalue weighted by Crippen LogP contribution is 2.24. The molecule has 0 bridgehead atoms. The van der Waals surface area contributed by atoms with E-state index in [4.69, 9.17) is 16.1 Å². The quantitative estimate of drug-likeness (QED) is 0.529. The van der Waals surface area contributed by atoms with Crippen molar-refractivity contribution in [3.05, 3.63) is 77.4 Å². The van der Waals surface area contributed by atoms with Gasteiger partial charge in [0.05, 0.1) is 0 Å². The summed E-state index contributed by atoms with van der Waals surface area (Å²) in [5.41, 5.74) is 3.27. The molecule has 1 amide bonds. The Bertz CT molecular complexity index is 1130. The molecule has 0 aliphatic carbocycles. The lowest BCUT2D eigenvalue weighted by atomic mass is 10.2. The molecule has 0 aliphatic rings. The van der Waals surface area contributed by atoms with Crippen LogP contribution in [0.1, 0.15) is 5.56 Å². The van der Waals surface area contributed by atoms with E-state index in [1.54, 1.807) is 22.9 Å². The molecule has 0 radical (unpaired) electrons. The van der Waals surface area contributed by atoms with Gasteiger partial charge in [0.1, 0.15) is 12.2 Å². The number of hydrogen-bond acceptors (Lipinski definition) is 4. The molecule has 7 heteroatoms. The minimum Gasteiger partial charge on any atom is -0.334 e. The standard InChI is InChI=1S/C21H17ClN4O2/c1-14-5-2-8-17(11-14)23-19(27)13-26-10-4-9-18(26)21-24-20(25-28-21)15-6-3-7-16(22)12-15/h2-12H,13H2,1H3,(H,23,27). The normalized spacial score (nSPS) is 10.8. The molecule has 2 aromatic carbocycles. The van der Waals surface area contributed by atoms with Gasteiger partial charge in [0.25, 0.3) is 5.89 Å². The van der Waals surface area contributed by atoms with Crippen molar-refractivity contribution in [3.63, 3.8) is 0 Å². The minimum absolute atomic E-state index is 0.130. The van der Waals surface area contributed by atoms with E-state index in [0.717, 1.165) is 16.8 Å². The highest BCUT2D eigenvalue weighted by molar-refractivity contribution is 6.30. The van der Waals surface area contributed by atoms with Crippen LogP contribution in [0.25, 0.3) is 23.0 Å². The van der Waals surface area contributed by atoms with Gasteiger partial charge in [0, 0.05) is 22.5 Å². The summed E-state index contributed by atoms with van der Waals surface area (Å²) in [5, 5.41) is 7.52. The van der Waals surface area contributed by atoms with Crippen LogP contribution in [-0.2, 0) is 11.3 Å². The van der Waals surface area contributed by atoms with E-state index in [-0.39, 0.29) is 12.5 Å². The number of nitrogens with one attached hydrogen (secondary N) is 1. The maximum Gasteiger partial charge on any atom is 0.274 e. The number of aromatic nitrogens is 3. The Hall–Kier alpha value is -3.38. The summed E-state index contributed by atoms with van der Waals surface area (Å²) in [4.78, 5) is 16.9. The van der Waals surface area contributed by atoms with E-state index in [1.165, 1.54) is 0 Å². The van der Waals surface area contributed by atoms with Crippen LogP contribution in [0.4, 0.5) is 5.69 Å². The summed E-state index contributed by atoms with van der Waals surface area (Å²) in [5.74, 6) is 0.635. The van der Waals surface area contributed by atoms with Gasteiger partial charge >= 0.3 is 0 Å². The van der Waals surface area contributed by atoms with Gasteiger partial charge in [-0.3, -0.25) is 4.79 Å². The lowest BCUT2D eigenvalue weighted by Crippen LogP contribution is -2.18. The molecule has 0 unspecified atom stereocenters. The maximum absolute atomic E-state index is 12.4. The van der Waals surface area contributed by atoms with Crippen molar-refractivity contribution in [2.45, 2.75) is 13.5 Å². The number of amides is 1. The number of carbonyl (C=O) groups is 1. The van der Waals surface area contributed by atoms with Crippen molar-refractivity contribution in [3.8, 4) is 23.0 Å². The largest absolute Gasteiger partial charge is 0.334 e. The number of rotatable bonds is 5. The van der Waals surface area contributed by atoms with Crippen molar-refractivity contribution in [1.82, 2.24) is 14.7 Å². The molecule has 2 aromatic heterocycles. The predicted octanol–water partition coefficient (Wildman–Crippen LogP) is 4.81. The fraction of sp³-hybridized carbons (Fsp3) is 0.0952. The first-order valence-corrected chi connectivity index (χ1v) is 9.08. The molecule has 1 N–H and O–H groups in total. The molecule has 0 atom stereocenters. The summed E-state index contributed by atoms with van der Waals surface area (Å²) in [7, 11) is 0. The van der Waals surface area contributed by atoms with E-state index >= 15 is 0 Å². The van der Waals surface area contributed by atoms with E-state index in [1.807, 2.05) is 55.5 Å². The third-order valence-corrected chi connectivity index (χ3v) is 4.41. The molecular weight excluding hydrogens is 376 g/mol. The SMILES string of the molecule is Cc1cccc(NC(=O)Cn2cccc2-c2nc(-c3cccc(Cl)c3)no2)c1. The van der Waals surface area contributed by atoms with Crippen molar-refractivity contribution < 1.29 is 9.32 Å². The van der Waals surface area contributed by atoms with Crippen LogP contribution >= 0.6 is 11.6 Å². The van der Waals surface area contributed by atoms with Crippen molar-refractivity contribution in [2.75, 3.05) is 5.32 Å². The Balaban J connectivity index is 1.52. The summed E-state index contributed by atoms with van der Waals surface area (Å²) in [6, 6.07) is 18.6. The number of aryl methyl sites for hydroxylation is 1. The predicted molar refractivity (Wildman–Crippen MR) is 108 cm³/mol. The van der Waals surface area contributed by atoms with Gasteiger partial charge in [0.2, 0.25) is 11.7 Å². The summed E-state index contributed by atoms with van der Waals surface area (Å²) >= 11 is 6.03. The van der Waals surface area contributed by atoms with Gasteiger partial charge in [0.15, 0.2) is 0 Å². The molecule has 0 aliphatic heterocycles. The number of hydrogen-bond donors (Lipinski definition) is 1. The Kier molecular flexibility index (Phi) is 4.95. The average molecular weight is 393 g/mol. The van der Waals surface area contributed by atoms with Crippen LogP contribution in [0.15, 0.2) is 71.4 Å². The zero-order chi connectivity index (χ0) is 19.5. The molecule has 4 aromatic rings. The topological polar surface area (TPSA) is 73.0 Å². The molecule has 0 spiro atoms. The van der Waals surface area contributed by atoms with Crippen LogP contribution in [0, 0.1) is 6.92 Å². The highest BCUT2D eigenvalue weighted by Gasteiger charge is 2.15. The van der Waals surface area contributed by atoms with E-state index in [9.17, 15) is 4.79 Å². The Morgan fingerprint density at radius 2 is 2.00 bits per heavy atom. The fourth-order valence-corrected chi connectivity index (χ4v) is 3.09. The highest BCUT2D eigenvalue weighted by atomic mass is 35.5. The number of nitrogens with zero attached hydrogens (tertiary/aromatic N) is 3. The number of benzene rings is 2. The number of halogens is 1. The first-order valence-electron chi connectivity index (χ1n) is 8.70. The maximum atomic E-state index is 12.4. The second-order valence-electron chi connectivity index (χ2n) is 6.37. The monoisotopic (exact) mass is 392 g/mol. The number of anilines is 1. The van der Waals surface area contributed by atoms with Gasteiger partial charge in [-0.05, 0) is 48.9 Å². The van der Waals surface area contributed by atoms with Gasteiger partial charge in [-0.1, -0.05) is 41.0 Å². The minimum atomic E-state index is -0.141. The third kappa shape index (κ3) is 3.97. The molecule has 0 saturated heterocycles. The number of carbonyl (C=O) groups excluding carboxylic acids is 1. The second kappa shape index (κ2) is 7.70.